The van der Waals surface area contributed by atoms with Crippen LogP contribution in [0.2, 0.25) is 0 Å². The van der Waals surface area contributed by atoms with Crippen molar-refractivity contribution in [3.63, 3.8) is 0 Å². The van der Waals surface area contributed by atoms with Crippen molar-refractivity contribution < 1.29 is 18.4 Å². The van der Waals surface area contributed by atoms with Gasteiger partial charge in [0.1, 0.15) is 0 Å². The van der Waals surface area contributed by atoms with Crippen LogP contribution in [-0.2, 0) is 14.9 Å². The van der Waals surface area contributed by atoms with Gasteiger partial charge in [-0.05, 0) is 18.9 Å². The molecule has 0 saturated carbocycles. The fraction of sp³-hybridized carbons (Fsp3) is 0.462. The maximum absolute atomic E-state index is 12.4. The average molecular weight is 313 g/mol. The number of nitrogens with one attached hydrogen (secondary N) is 1. The third-order valence-corrected chi connectivity index (χ3v) is 4.79. The number of benzene rings is 1. The zero-order valence-electron chi connectivity index (χ0n) is 11.8. The van der Waals surface area contributed by atoms with E-state index in [1.54, 1.807) is 24.3 Å². The Morgan fingerprint density at radius 2 is 2.19 bits per heavy atom. The van der Waals surface area contributed by atoms with Crippen LogP contribution in [0, 0.1) is 0 Å². The molecular weight excluding hydrogens is 294 g/mol. The van der Waals surface area contributed by atoms with Gasteiger partial charge in [0.25, 0.3) is 0 Å². The molecule has 7 nitrogen and oxygen atoms in total. The van der Waals surface area contributed by atoms with Gasteiger partial charge < -0.3 is 9.94 Å². The minimum Gasteiger partial charge on any atom is -0.411 e. The summed E-state index contributed by atoms with van der Waals surface area (Å²) in [6, 6.07) is 7.02. The highest BCUT2D eigenvalue weighted by molar-refractivity contribution is 7.90. The van der Waals surface area contributed by atoms with Gasteiger partial charge in [0, 0.05) is 25.8 Å². The number of fused-ring (bicyclic) bond motifs is 1. The third kappa shape index (κ3) is 3.52. The third-order valence-electron chi connectivity index (χ3n) is 3.26. The number of oxime groups is 1. The van der Waals surface area contributed by atoms with Gasteiger partial charge in [0.05, 0.1) is 18.0 Å². The van der Waals surface area contributed by atoms with E-state index in [1.165, 1.54) is 11.4 Å². The van der Waals surface area contributed by atoms with Crippen LogP contribution >= 0.6 is 0 Å². The molecule has 1 heterocycles. The summed E-state index contributed by atoms with van der Waals surface area (Å²) in [5.41, 5.74) is 1.66. The van der Waals surface area contributed by atoms with Crippen molar-refractivity contribution in [2.75, 3.05) is 31.1 Å². The number of ether oxygens (including phenoxy) is 1. The molecule has 0 aliphatic carbocycles. The van der Waals surface area contributed by atoms with Crippen LogP contribution in [0.4, 0.5) is 5.69 Å². The highest BCUT2D eigenvalue weighted by Crippen LogP contribution is 2.28. The summed E-state index contributed by atoms with van der Waals surface area (Å²) in [6.45, 7) is 0.842. The van der Waals surface area contributed by atoms with E-state index in [4.69, 9.17) is 9.94 Å². The standard InChI is InChI=1S/C13H19N3O4S/c1-20-10-8-14-21(18,19)16-9-4-6-12(15-17)11-5-2-3-7-13(11)16/h2-3,5,7,14,17H,4,6,8-10H2,1H3/b15-12-. The molecule has 1 aromatic carbocycles. The van der Waals surface area contributed by atoms with Gasteiger partial charge in [-0.2, -0.15) is 13.1 Å². The Balaban J connectivity index is 2.36. The molecule has 0 bridgehead atoms. The number of nitrogens with zero attached hydrogens (tertiary/aromatic N) is 2. The largest absolute Gasteiger partial charge is 0.411 e. The van der Waals surface area contributed by atoms with Crippen molar-refractivity contribution in [3.8, 4) is 0 Å². The Kier molecular flexibility index (Phi) is 5.16. The van der Waals surface area contributed by atoms with Crippen molar-refractivity contribution in [1.29, 1.82) is 0 Å². The molecule has 21 heavy (non-hydrogen) atoms. The SMILES string of the molecule is COCCNS(=O)(=O)N1CCC/C(=N/O)c2ccccc21. The molecule has 1 aliphatic rings. The van der Waals surface area contributed by atoms with Crippen molar-refractivity contribution in [3.05, 3.63) is 29.8 Å². The van der Waals surface area contributed by atoms with Crippen LogP contribution in [0.5, 0.6) is 0 Å². The molecule has 1 aliphatic heterocycles. The molecule has 0 saturated heterocycles. The minimum atomic E-state index is -3.66. The highest BCUT2D eigenvalue weighted by atomic mass is 32.2. The molecule has 0 unspecified atom stereocenters. The maximum atomic E-state index is 12.4. The number of hydrogen-bond donors (Lipinski definition) is 2. The number of hydrogen-bond acceptors (Lipinski definition) is 5. The highest BCUT2D eigenvalue weighted by Gasteiger charge is 2.27. The van der Waals surface area contributed by atoms with E-state index in [-0.39, 0.29) is 6.54 Å². The normalized spacial score (nSPS) is 17.6. The second kappa shape index (κ2) is 6.88. The van der Waals surface area contributed by atoms with Crippen molar-refractivity contribution in [2.24, 2.45) is 5.16 Å². The summed E-state index contributed by atoms with van der Waals surface area (Å²) < 4.78 is 33.5. The number of rotatable bonds is 5. The van der Waals surface area contributed by atoms with Crippen molar-refractivity contribution in [2.45, 2.75) is 12.8 Å². The van der Waals surface area contributed by atoms with E-state index in [9.17, 15) is 8.42 Å². The Morgan fingerprint density at radius 1 is 1.43 bits per heavy atom. The van der Waals surface area contributed by atoms with Crippen LogP contribution in [-0.4, -0.2) is 46.1 Å². The Labute approximate surface area is 124 Å². The fourth-order valence-electron chi connectivity index (χ4n) is 2.28. The average Bonchev–Trinajstić information content (AvgIpc) is 2.67. The summed E-state index contributed by atoms with van der Waals surface area (Å²) in [4.78, 5) is 0. The lowest BCUT2D eigenvalue weighted by Gasteiger charge is -2.24. The zero-order valence-corrected chi connectivity index (χ0v) is 12.6. The molecule has 0 spiro atoms. The van der Waals surface area contributed by atoms with Crippen LogP contribution in [0.3, 0.4) is 0 Å². The lowest BCUT2D eigenvalue weighted by Crippen LogP contribution is -2.42. The van der Waals surface area contributed by atoms with E-state index in [2.05, 4.69) is 9.88 Å². The van der Waals surface area contributed by atoms with Crippen molar-refractivity contribution >= 4 is 21.6 Å². The van der Waals surface area contributed by atoms with E-state index in [0.717, 1.165) is 0 Å². The zero-order chi connectivity index (χ0) is 15.3. The Morgan fingerprint density at radius 3 is 2.90 bits per heavy atom. The van der Waals surface area contributed by atoms with Gasteiger partial charge >= 0.3 is 10.2 Å². The summed E-state index contributed by atoms with van der Waals surface area (Å²) in [5, 5.41) is 12.4. The number of methoxy groups -OCH3 is 1. The Bertz CT molecular complexity index is 616. The molecule has 2 N–H and O–H groups in total. The molecule has 116 valence electrons. The molecule has 0 amide bonds. The van der Waals surface area contributed by atoms with E-state index >= 15 is 0 Å². The molecule has 8 heteroatoms. The van der Waals surface area contributed by atoms with E-state index in [1.807, 2.05) is 0 Å². The summed E-state index contributed by atoms with van der Waals surface area (Å²) in [6.07, 6.45) is 1.11. The lowest BCUT2D eigenvalue weighted by atomic mass is 10.1. The quantitative estimate of drug-likeness (QED) is 0.481. The first-order valence-corrected chi connectivity index (χ1v) is 8.10. The molecule has 0 radical (unpaired) electrons. The summed E-state index contributed by atoms with van der Waals surface area (Å²) in [5.74, 6) is 0. The van der Waals surface area contributed by atoms with Gasteiger partial charge in [-0.15, -0.1) is 0 Å². The Hall–Kier alpha value is -1.64. The second-order valence-corrected chi connectivity index (χ2v) is 6.31. The van der Waals surface area contributed by atoms with Gasteiger partial charge in [-0.3, -0.25) is 4.31 Å². The van der Waals surface area contributed by atoms with Crippen LogP contribution in [0.1, 0.15) is 18.4 Å². The second-order valence-electron chi connectivity index (χ2n) is 4.63. The molecule has 0 atom stereocenters. The smallest absolute Gasteiger partial charge is 0.301 e. The van der Waals surface area contributed by atoms with Crippen molar-refractivity contribution in [1.82, 2.24) is 4.72 Å². The fourth-order valence-corrected chi connectivity index (χ4v) is 3.57. The first kappa shape index (κ1) is 15.7. The summed E-state index contributed by atoms with van der Waals surface area (Å²) >= 11 is 0. The molecular formula is C13H19N3O4S. The van der Waals surface area contributed by atoms with Gasteiger partial charge in [0.15, 0.2) is 0 Å². The molecule has 2 rings (SSSR count). The van der Waals surface area contributed by atoms with Crippen LogP contribution in [0.25, 0.3) is 0 Å². The van der Waals surface area contributed by atoms with E-state index < -0.39 is 10.2 Å². The monoisotopic (exact) mass is 313 g/mol. The number of anilines is 1. The molecule has 0 aromatic heterocycles. The first-order valence-electron chi connectivity index (χ1n) is 6.66. The topological polar surface area (TPSA) is 91.2 Å². The molecule has 0 fully saturated rings. The maximum Gasteiger partial charge on any atom is 0.301 e. The summed E-state index contributed by atoms with van der Waals surface area (Å²) in [7, 11) is -2.14. The van der Waals surface area contributed by atoms with Crippen LogP contribution in [0.15, 0.2) is 29.4 Å². The van der Waals surface area contributed by atoms with E-state index in [0.29, 0.717) is 43.0 Å². The predicted molar refractivity (Wildman–Crippen MR) is 80.1 cm³/mol. The van der Waals surface area contributed by atoms with Gasteiger partial charge in [-0.25, -0.2) is 0 Å². The van der Waals surface area contributed by atoms with Gasteiger partial charge in [0.2, 0.25) is 0 Å². The number of para-hydroxylation sites is 1. The van der Waals surface area contributed by atoms with Crippen LogP contribution < -0.4 is 9.03 Å². The minimum absolute atomic E-state index is 0.207. The molecule has 1 aromatic rings. The lowest BCUT2D eigenvalue weighted by molar-refractivity contribution is 0.204. The van der Waals surface area contributed by atoms with Gasteiger partial charge in [-0.1, -0.05) is 23.4 Å². The predicted octanol–water partition coefficient (Wildman–Crippen LogP) is 0.946. The first-order chi connectivity index (χ1) is 10.1.